The van der Waals surface area contributed by atoms with E-state index in [1.807, 2.05) is 7.05 Å². The maximum atomic E-state index is 3.44. The van der Waals surface area contributed by atoms with Crippen LogP contribution in [0.4, 0.5) is 0 Å². The van der Waals surface area contributed by atoms with Crippen LogP contribution in [0.15, 0.2) is 53.4 Å². The van der Waals surface area contributed by atoms with Gasteiger partial charge in [-0.1, -0.05) is 56.3 Å². The second-order valence-corrected chi connectivity index (χ2v) is 6.13. The summed E-state index contributed by atoms with van der Waals surface area (Å²) in [6.07, 6.45) is 2.13. The van der Waals surface area contributed by atoms with Gasteiger partial charge in [0.1, 0.15) is 0 Å². The van der Waals surface area contributed by atoms with Gasteiger partial charge in [-0.15, -0.1) is 11.8 Å². The Hall–Kier alpha value is -1.25. The predicted octanol–water partition coefficient (Wildman–Crippen LogP) is 4.84. The fourth-order valence-corrected chi connectivity index (χ4v) is 3.12. The minimum absolute atomic E-state index is 0.250. The van der Waals surface area contributed by atoms with E-state index in [9.17, 15) is 0 Å². The molecule has 0 heterocycles. The van der Waals surface area contributed by atoms with Crippen molar-refractivity contribution >= 4 is 11.8 Å². The van der Waals surface area contributed by atoms with Crippen molar-refractivity contribution in [2.45, 2.75) is 30.7 Å². The Kier molecular flexibility index (Phi) is 5.27. The van der Waals surface area contributed by atoms with Crippen molar-refractivity contribution in [1.82, 2.24) is 5.32 Å². The van der Waals surface area contributed by atoms with Gasteiger partial charge in [0, 0.05) is 4.90 Å². The van der Waals surface area contributed by atoms with E-state index in [0.717, 1.165) is 0 Å². The first-order chi connectivity index (χ1) is 9.67. The summed E-state index contributed by atoms with van der Waals surface area (Å²) in [7, 11) is 2.03. The Bertz CT molecular complexity index is 546. The molecule has 0 saturated heterocycles. The highest BCUT2D eigenvalue weighted by molar-refractivity contribution is 7.98. The molecule has 2 aromatic carbocycles. The number of rotatable bonds is 5. The third-order valence-corrected chi connectivity index (χ3v) is 4.49. The smallest absolute Gasteiger partial charge is 0.0585 e. The zero-order valence-corrected chi connectivity index (χ0v) is 13.5. The molecule has 1 nitrogen and oxygen atoms in total. The lowest BCUT2D eigenvalue weighted by molar-refractivity contribution is 0.679. The number of hydrogen-bond donors (Lipinski definition) is 1. The minimum atomic E-state index is 0.250. The molecule has 0 amide bonds. The largest absolute Gasteiger partial charge is 0.309 e. The van der Waals surface area contributed by atoms with Crippen molar-refractivity contribution in [2.75, 3.05) is 13.3 Å². The predicted molar refractivity (Wildman–Crippen MR) is 89.7 cm³/mol. The topological polar surface area (TPSA) is 12.0 Å². The van der Waals surface area contributed by atoms with Gasteiger partial charge in [-0.05, 0) is 42.0 Å². The van der Waals surface area contributed by atoms with Crippen molar-refractivity contribution in [2.24, 2.45) is 0 Å². The first-order valence-electron chi connectivity index (χ1n) is 7.07. The van der Waals surface area contributed by atoms with Gasteiger partial charge in [-0.3, -0.25) is 0 Å². The van der Waals surface area contributed by atoms with Crippen molar-refractivity contribution in [1.29, 1.82) is 0 Å². The van der Waals surface area contributed by atoms with Crippen LogP contribution in [0.1, 0.15) is 42.5 Å². The highest BCUT2D eigenvalue weighted by Gasteiger charge is 2.15. The summed E-state index contributed by atoms with van der Waals surface area (Å²) in [5.41, 5.74) is 4.06. The lowest BCUT2D eigenvalue weighted by atomic mass is 9.95. The van der Waals surface area contributed by atoms with E-state index in [-0.39, 0.29) is 6.04 Å². The van der Waals surface area contributed by atoms with Gasteiger partial charge in [0.15, 0.2) is 0 Å². The van der Waals surface area contributed by atoms with Crippen LogP contribution in [-0.4, -0.2) is 13.3 Å². The molecule has 1 unspecified atom stereocenters. The van der Waals surface area contributed by atoms with Gasteiger partial charge < -0.3 is 5.32 Å². The molecule has 1 N–H and O–H groups in total. The lowest BCUT2D eigenvalue weighted by Gasteiger charge is -2.20. The molecule has 0 radical (unpaired) electrons. The van der Waals surface area contributed by atoms with Crippen molar-refractivity contribution in [3.8, 4) is 0 Å². The summed E-state index contributed by atoms with van der Waals surface area (Å²) in [5, 5.41) is 3.44. The summed E-state index contributed by atoms with van der Waals surface area (Å²) < 4.78 is 0. The van der Waals surface area contributed by atoms with E-state index < -0.39 is 0 Å². The summed E-state index contributed by atoms with van der Waals surface area (Å²) in [5.74, 6) is 0.579. The zero-order chi connectivity index (χ0) is 14.5. The number of benzene rings is 2. The van der Waals surface area contributed by atoms with Gasteiger partial charge in [-0.2, -0.15) is 0 Å². The van der Waals surface area contributed by atoms with E-state index in [0.29, 0.717) is 5.92 Å². The molecular formula is C18H23NS. The molecule has 0 bridgehead atoms. The Morgan fingerprint density at radius 3 is 2.05 bits per heavy atom. The monoisotopic (exact) mass is 285 g/mol. The number of nitrogens with one attached hydrogen (secondary N) is 1. The van der Waals surface area contributed by atoms with Crippen molar-refractivity contribution in [3.63, 3.8) is 0 Å². The van der Waals surface area contributed by atoms with Crippen LogP contribution in [0.3, 0.4) is 0 Å². The molecule has 2 heteroatoms. The molecule has 0 fully saturated rings. The SMILES string of the molecule is CNC(c1ccc(C(C)C)cc1)c1ccccc1SC. The van der Waals surface area contributed by atoms with Gasteiger partial charge >= 0.3 is 0 Å². The maximum Gasteiger partial charge on any atom is 0.0585 e. The Morgan fingerprint density at radius 1 is 0.900 bits per heavy atom. The molecular weight excluding hydrogens is 262 g/mol. The molecule has 0 aliphatic heterocycles. The third-order valence-electron chi connectivity index (χ3n) is 3.68. The molecule has 1 atom stereocenters. The molecule has 0 aliphatic carbocycles. The quantitative estimate of drug-likeness (QED) is 0.789. The van der Waals surface area contributed by atoms with Gasteiger partial charge in [0.25, 0.3) is 0 Å². The van der Waals surface area contributed by atoms with Crippen LogP contribution < -0.4 is 5.32 Å². The Morgan fingerprint density at radius 2 is 1.50 bits per heavy atom. The normalized spacial score (nSPS) is 12.7. The third kappa shape index (κ3) is 3.25. The second kappa shape index (κ2) is 6.96. The molecule has 20 heavy (non-hydrogen) atoms. The number of hydrogen-bond acceptors (Lipinski definition) is 2. The van der Waals surface area contributed by atoms with Crippen LogP contribution >= 0.6 is 11.8 Å². The molecule has 0 saturated carbocycles. The van der Waals surface area contributed by atoms with E-state index in [1.54, 1.807) is 11.8 Å². The average molecular weight is 285 g/mol. The van der Waals surface area contributed by atoms with Gasteiger partial charge in [0.05, 0.1) is 6.04 Å². The van der Waals surface area contributed by atoms with E-state index in [1.165, 1.54) is 21.6 Å². The fraction of sp³-hybridized carbons (Fsp3) is 0.333. The fourth-order valence-electron chi connectivity index (χ4n) is 2.48. The molecule has 2 rings (SSSR count). The second-order valence-electron chi connectivity index (χ2n) is 5.29. The van der Waals surface area contributed by atoms with E-state index in [4.69, 9.17) is 0 Å². The van der Waals surface area contributed by atoms with Gasteiger partial charge in [-0.25, -0.2) is 0 Å². The van der Waals surface area contributed by atoms with E-state index in [2.05, 4.69) is 74.0 Å². The summed E-state index contributed by atoms with van der Waals surface area (Å²) in [6.45, 7) is 4.46. The highest BCUT2D eigenvalue weighted by atomic mass is 32.2. The average Bonchev–Trinajstić information content (AvgIpc) is 2.49. The van der Waals surface area contributed by atoms with Crippen molar-refractivity contribution < 1.29 is 0 Å². The van der Waals surface area contributed by atoms with Crippen molar-refractivity contribution in [3.05, 3.63) is 65.2 Å². The highest BCUT2D eigenvalue weighted by Crippen LogP contribution is 2.30. The first kappa shape index (κ1) is 15.1. The molecule has 2 aromatic rings. The molecule has 0 spiro atoms. The summed E-state index contributed by atoms with van der Waals surface area (Å²) in [4.78, 5) is 1.33. The first-order valence-corrected chi connectivity index (χ1v) is 8.30. The van der Waals surface area contributed by atoms with Crippen LogP contribution in [0.2, 0.25) is 0 Å². The number of thioether (sulfide) groups is 1. The zero-order valence-electron chi connectivity index (χ0n) is 12.7. The summed E-state index contributed by atoms with van der Waals surface area (Å²) in [6, 6.07) is 17.8. The van der Waals surface area contributed by atoms with Crippen LogP contribution in [-0.2, 0) is 0 Å². The van der Waals surface area contributed by atoms with Gasteiger partial charge in [0.2, 0.25) is 0 Å². The van der Waals surface area contributed by atoms with Crippen LogP contribution in [0.5, 0.6) is 0 Å². The molecule has 0 aromatic heterocycles. The maximum absolute atomic E-state index is 3.44. The van der Waals surface area contributed by atoms with Crippen LogP contribution in [0, 0.1) is 0 Å². The Labute approximate surface area is 126 Å². The van der Waals surface area contributed by atoms with E-state index >= 15 is 0 Å². The Balaban J connectivity index is 2.36. The van der Waals surface area contributed by atoms with Crippen LogP contribution in [0.25, 0.3) is 0 Å². The molecule has 106 valence electrons. The lowest BCUT2D eigenvalue weighted by Crippen LogP contribution is -2.18. The summed E-state index contributed by atoms with van der Waals surface area (Å²) >= 11 is 1.80. The molecule has 0 aliphatic rings. The minimum Gasteiger partial charge on any atom is -0.309 e. The standard InChI is InChI=1S/C18H23NS/c1-13(2)14-9-11-15(12-10-14)18(19-3)16-7-5-6-8-17(16)20-4/h5-13,18-19H,1-4H3.